The van der Waals surface area contributed by atoms with Gasteiger partial charge in [-0.2, -0.15) is 0 Å². The van der Waals surface area contributed by atoms with Crippen molar-refractivity contribution in [2.75, 3.05) is 31.6 Å². The van der Waals surface area contributed by atoms with Crippen molar-refractivity contribution >= 4 is 21.6 Å². The number of hydrogen-bond acceptors (Lipinski definition) is 4. The lowest BCUT2D eigenvalue weighted by Crippen LogP contribution is -2.39. The predicted octanol–water partition coefficient (Wildman–Crippen LogP) is 5.75. The van der Waals surface area contributed by atoms with Gasteiger partial charge in [0.05, 0.1) is 17.8 Å². The summed E-state index contributed by atoms with van der Waals surface area (Å²) in [5, 5.41) is 3.63. The van der Waals surface area contributed by atoms with Crippen molar-refractivity contribution in [2.24, 2.45) is 5.92 Å². The minimum absolute atomic E-state index is 0.208. The Hall–Kier alpha value is -1.72. The first-order chi connectivity index (χ1) is 14.6. The van der Waals surface area contributed by atoms with E-state index in [1.807, 2.05) is 12.1 Å². The Morgan fingerprint density at radius 3 is 2.77 bits per heavy atom. The van der Waals surface area contributed by atoms with E-state index in [1.165, 1.54) is 36.0 Å². The Bertz CT molecular complexity index is 834. The highest BCUT2D eigenvalue weighted by Crippen LogP contribution is 2.31. The molecule has 0 aliphatic carbocycles. The van der Waals surface area contributed by atoms with Crippen LogP contribution < -0.4 is 14.8 Å². The van der Waals surface area contributed by atoms with Gasteiger partial charge < -0.3 is 19.7 Å². The molecule has 2 heterocycles. The lowest BCUT2D eigenvalue weighted by molar-refractivity contribution is 0.172. The van der Waals surface area contributed by atoms with E-state index in [9.17, 15) is 0 Å². The number of hydrogen-bond donors (Lipinski definition) is 1. The monoisotopic (exact) mass is 472 g/mol. The van der Waals surface area contributed by atoms with Crippen molar-refractivity contribution in [3.05, 3.63) is 52.5 Å². The zero-order valence-electron chi connectivity index (χ0n) is 18.1. The fourth-order valence-electron chi connectivity index (χ4n) is 4.44. The van der Waals surface area contributed by atoms with Crippen molar-refractivity contribution in [3.8, 4) is 11.5 Å². The number of rotatable bonds is 7. The summed E-state index contributed by atoms with van der Waals surface area (Å²) in [5.74, 6) is 2.70. The molecule has 2 aromatic rings. The van der Waals surface area contributed by atoms with E-state index in [0.717, 1.165) is 49.1 Å². The maximum Gasteiger partial charge on any atom is 0.142 e. The molecule has 0 spiro atoms. The van der Waals surface area contributed by atoms with Crippen molar-refractivity contribution in [3.63, 3.8) is 0 Å². The van der Waals surface area contributed by atoms with Gasteiger partial charge in [0.1, 0.15) is 18.1 Å². The second-order valence-corrected chi connectivity index (χ2v) is 9.70. The van der Waals surface area contributed by atoms with Gasteiger partial charge in [0, 0.05) is 11.0 Å². The molecular weight excluding hydrogens is 440 g/mol. The number of benzene rings is 2. The molecule has 1 fully saturated rings. The van der Waals surface area contributed by atoms with Crippen LogP contribution in [0.15, 0.2) is 46.9 Å². The topological polar surface area (TPSA) is 33.7 Å². The molecule has 0 amide bonds. The van der Waals surface area contributed by atoms with Crippen LogP contribution in [0, 0.1) is 5.92 Å². The third kappa shape index (κ3) is 5.70. The molecule has 0 bridgehead atoms. The second-order valence-electron chi connectivity index (χ2n) is 8.85. The molecule has 2 aliphatic heterocycles. The highest BCUT2D eigenvalue weighted by molar-refractivity contribution is 9.10. The van der Waals surface area contributed by atoms with Crippen molar-refractivity contribution in [1.82, 2.24) is 4.90 Å². The molecule has 4 nitrogen and oxygen atoms in total. The van der Waals surface area contributed by atoms with Gasteiger partial charge in [-0.25, -0.2) is 0 Å². The normalized spacial score (nSPS) is 19.8. The number of likely N-dealkylation sites (tertiary alicyclic amines) is 1. The van der Waals surface area contributed by atoms with Gasteiger partial charge in [-0.3, -0.25) is 0 Å². The first kappa shape index (κ1) is 21.5. The number of para-hydroxylation sites is 2. The Morgan fingerprint density at radius 1 is 1.17 bits per heavy atom. The molecule has 1 N–H and O–H groups in total. The first-order valence-electron chi connectivity index (χ1n) is 11.2. The third-order valence-electron chi connectivity index (χ3n) is 6.09. The summed E-state index contributed by atoms with van der Waals surface area (Å²) < 4.78 is 13.0. The molecule has 1 unspecified atom stereocenters. The Morgan fingerprint density at radius 2 is 1.97 bits per heavy atom. The van der Waals surface area contributed by atoms with Gasteiger partial charge in [-0.15, -0.1) is 0 Å². The fraction of sp³-hybridized carbons (Fsp3) is 0.520. The maximum atomic E-state index is 5.91. The summed E-state index contributed by atoms with van der Waals surface area (Å²) in [6, 6.07) is 15.0. The Balaban J connectivity index is 1.22. The lowest BCUT2D eigenvalue weighted by atomic mass is 9.90. The molecule has 2 aromatic carbocycles. The molecule has 2 aliphatic rings. The summed E-state index contributed by atoms with van der Waals surface area (Å²) in [6.45, 7) is 8.42. The predicted molar refractivity (Wildman–Crippen MR) is 127 cm³/mol. The summed E-state index contributed by atoms with van der Waals surface area (Å²) in [7, 11) is 0. The van der Waals surface area contributed by atoms with Crippen LogP contribution in [0.3, 0.4) is 0 Å². The van der Waals surface area contributed by atoms with Gasteiger partial charge >= 0.3 is 0 Å². The van der Waals surface area contributed by atoms with Crippen LogP contribution in [0.25, 0.3) is 0 Å². The molecule has 0 aromatic heterocycles. The van der Waals surface area contributed by atoms with Crippen LogP contribution in [0.5, 0.6) is 11.5 Å². The standard InChI is InChI=1S/C25H33BrN2O2/c1-18(2)30-22-7-8-23(26)20(16-22)15-19-9-12-28(13-10-19)14-11-21-17-29-25-6-4-3-5-24(25)27-21/h3-8,16,18-19,21,27H,9-15,17H2,1-2H3. The quantitative estimate of drug-likeness (QED) is 0.555. The summed E-state index contributed by atoms with van der Waals surface area (Å²) in [6.07, 6.45) is 4.98. The average molecular weight is 473 g/mol. The number of halogens is 1. The first-order valence-corrected chi connectivity index (χ1v) is 12.0. The minimum atomic E-state index is 0.208. The van der Waals surface area contributed by atoms with E-state index in [-0.39, 0.29) is 6.10 Å². The molecule has 4 rings (SSSR count). The lowest BCUT2D eigenvalue weighted by Gasteiger charge is -2.34. The zero-order valence-corrected chi connectivity index (χ0v) is 19.7. The molecule has 162 valence electrons. The average Bonchev–Trinajstić information content (AvgIpc) is 2.75. The number of fused-ring (bicyclic) bond motifs is 1. The Labute approximate surface area is 189 Å². The highest BCUT2D eigenvalue weighted by atomic mass is 79.9. The van der Waals surface area contributed by atoms with Crippen LogP contribution in [-0.2, 0) is 6.42 Å². The zero-order chi connectivity index (χ0) is 20.9. The molecule has 0 radical (unpaired) electrons. The number of anilines is 1. The van der Waals surface area contributed by atoms with E-state index >= 15 is 0 Å². The van der Waals surface area contributed by atoms with Gasteiger partial charge in [0.2, 0.25) is 0 Å². The maximum absolute atomic E-state index is 5.91. The van der Waals surface area contributed by atoms with Crippen LogP contribution in [0.2, 0.25) is 0 Å². The van der Waals surface area contributed by atoms with Gasteiger partial charge in [-0.05, 0) is 94.4 Å². The number of ether oxygens (including phenoxy) is 2. The van der Waals surface area contributed by atoms with Crippen LogP contribution in [0.1, 0.15) is 38.7 Å². The molecule has 30 heavy (non-hydrogen) atoms. The third-order valence-corrected chi connectivity index (χ3v) is 6.86. The molecular formula is C25H33BrN2O2. The van der Waals surface area contributed by atoms with E-state index in [0.29, 0.717) is 6.04 Å². The van der Waals surface area contributed by atoms with Gasteiger partial charge in [0.25, 0.3) is 0 Å². The van der Waals surface area contributed by atoms with Crippen molar-refractivity contribution in [2.45, 2.75) is 51.7 Å². The molecule has 0 saturated carbocycles. The van der Waals surface area contributed by atoms with Crippen molar-refractivity contribution < 1.29 is 9.47 Å². The number of nitrogens with zero attached hydrogens (tertiary/aromatic N) is 1. The smallest absolute Gasteiger partial charge is 0.142 e. The fourth-order valence-corrected chi connectivity index (χ4v) is 4.84. The van der Waals surface area contributed by atoms with Crippen molar-refractivity contribution in [1.29, 1.82) is 0 Å². The van der Waals surface area contributed by atoms with E-state index in [4.69, 9.17) is 9.47 Å². The minimum Gasteiger partial charge on any atom is -0.491 e. The van der Waals surface area contributed by atoms with Crippen LogP contribution in [-0.4, -0.2) is 43.3 Å². The van der Waals surface area contributed by atoms with E-state index in [1.54, 1.807) is 0 Å². The second kappa shape index (κ2) is 10.1. The van der Waals surface area contributed by atoms with Gasteiger partial charge in [0.15, 0.2) is 0 Å². The Kier molecular flexibility index (Phi) is 7.21. The summed E-state index contributed by atoms with van der Waals surface area (Å²) in [4.78, 5) is 2.62. The molecule has 1 saturated heterocycles. The largest absolute Gasteiger partial charge is 0.491 e. The number of nitrogens with one attached hydrogen (secondary N) is 1. The number of piperidine rings is 1. The molecule has 5 heteroatoms. The highest BCUT2D eigenvalue weighted by Gasteiger charge is 2.23. The van der Waals surface area contributed by atoms with Crippen LogP contribution in [0.4, 0.5) is 5.69 Å². The van der Waals surface area contributed by atoms with Crippen LogP contribution >= 0.6 is 15.9 Å². The van der Waals surface area contributed by atoms with Gasteiger partial charge in [-0.1, -0.05) is 28.1 Å². The van der Waals surface area contributed by atoms with E-state index < -0.39 is 0 Å². The summed E-state index contributed by atoms with van der Waals surface area (Å²) >= 11 is 3.73. The molecule has 1 atom stereocenters. The summed E-state index contributed by atoms with van der Waals surface area (Å²) in [5.41, 5.74) is 2.50. The van der Waals surface area contributed by atoms with E-state index in [2.05, 4.69) is 70.3 Å². The SMILES string of the molecule is CC(C)Oc1ccc(Br)c(CC2CCN(CCC3COc4ccccc4N3)CC2)c1.